The lowest BCUT2D eigenvalue weighted by molar-refractivity contribution is -0.144. The number of hydrogen-bond donors (Lipinski definition) is 2. The molecule has 0 saturated carbocycles. The molecule has 11 heteroatoms. The molecule has 0 aromatic carbocycles. The van der Waals surface area contributed by atoms with E-state index in [0.717, 1.165) is 5.69 Å². The molecule has 1 aliphatic heterocycles. The van der Waals surface area contributed by atoms with Crippen molar-refractivity contribution >= 4 is 11.9 Å². The van der Waals surface area contributed by atoms with Crippen LogP contribution < -0.4 is 5.32 Å². The number of nitrogens with one attached hydrogen (secondary N) is 1. The molecule has 1 unspecified atom stereocenters. The molecule has 0 aliphatic carbocycles. The highest BCUT2D eigenvalue weighted by molar-refractivity contribution is 5.87. The van der Waals surface area contributed by atoms with Gasteiger partial charge in [-0.2, -0.15) is 5.10 Å². The summed E-state index contributed by atoms with van der Waals surface area (Å²) in [7, 11) is 3.51. The van der Waals surface area contributed by atoms with Crippen LogP contribution in [0.2, 0.25) is 0 Å². The first-order valence-corrected chi connectivity index (χ1v) is 10.9. The summed E-state index contributed by atoms with van der Waals surface area (Å²) in [5.41, 5.74) is 1.38. The van der Waals surface area contributed by atoms with Gasteiger partial charge in [0.2, 0.25) is 11.5 Å². The van der Waals surface area contributed by atoms with Crippen LogP contribution in [0.5, 0.6) is 0 Å². The number of likely N-dealkylation sites (N-methyl/N-ethyl adjacent to an activating group) is 1. The Morgan fingerprint density at radius 1 is 1.12 bits per heavy atom. The van der Waals surface area contributed by atoms with Crippen molar-refractivity contribution in [1.82, 2.24) is 34.8 Å². The number of anilines is 1. The fourth-order valence-corrected chi connectivity index (χ4v) is 3.90. The van der Waals surface area contributed by atoms with E-state index in [1.54, 1.807) is 36.1 Å². The van der Waals surface area contributed by atoms with Crippen LogP contribution in [0.3, 0.4) is 0 Å². The van der Waals surface area contributed by atoms with Crippen LogP contribution in [-0.2, 0) is 17.4 Å². The standard InChI is InChI=1S/C23H24N8O3/c1-14(15-8-11-31(3)28-15)25-22-24-10-7-18(27-22)16-5-4-6-17(26-16)19-13-20(34-29-19)23(33)9-12-30(2)21(23)32/h4-8,10-11,13-14,33H,9,12H2,1-3H3,(H,24,25,27)/t14?,23-/m1/s1. The predicted octanol–water partition coefficient (Wildman–Crippen LogP) is 2.15. The van der Waals surface area contributed by atoms with E-state index in [4.69, 9.17) is 4.52 Å². The number of pyridine rings is 1. The maximum atomic E-state index is 12.4. The lowest BCUT2D eigenvalue weighted by Crippen LogP contribution is -2.35. The van der Waals surface area contributed by atoms with Crippen molar-refractivity contribution in [2.24, 2.45) is 7.05 Å². The quantitative estimate of drug-likeness (QED) is 0.444. The first-order chi connectivity index (χ1) is 16.3. The molecule has 2 atom stereocenters. The Morgan fingerprint density at radius 3 is 2.59 bits per heavy atom. The van der Waals surface area contributed by atoms with Gasteiger partial charge in [-0.1, -0.05) is 11.2 Å². The van der Waals surface area contributed by atoms with Gasteiger partial charge < -0.3 is 19.8 Å². The van der Waals surface area contributed by atoms with Crippen LogP contribution in [0.25, 0.3) is 22.8 Å². The van der Waals surface area contributed by atoms with Crippen molar-refractivity contribution in [3.63, 3.8) is 0 Å². The van der Waals surface area contributed by atoms with E-state index in [1.807, 2.05) is 38.4 Å². The van der Waals surface area contributed by atoms with E-state index in [9.17, 15) is 9.90 Å². The van der Waals surface area contributed by atoms with E-state index in [-0.39, 0.29) is 18.2 Å². The Balaban J connectivity index is 1.38. The largest absolute Gasteiger partial charge is 0.373 e. The van der Waals surface area contributed by atoms with Crippen molar-refractivity contribution in [2.75, 3.05) is 18.9 Å². The molecule has 0 radical (unpaired) electrons. The van der Waals surface area contributed by atoms with Crippen molar-refractivity contribution in [1.29, 1.82) is 0 Å². The lowest BCUT2D eigenvalue weighted by Gasteiger charge is -2.16. The van der Waals surface area contributed by atoms with Crippen LogP contribution in [-0.4, -0.2) is 59.4 Å². The highest BCUT2D eigenvalue weighted by Gasteiger charge is 2.48. The summed E-state index contributed by atoms with van der Waals surface area (Å²) in [6, 6.07) is 10.6. The minimum atomic E-state index is -1.70. The molecule has 34 heavy (non-hydrogen) atoms. The van der Waals surface area contributed by atoms with Gasteiger partial charge in [-0.15, -0.1) is 0 Å². The molecule has 1 fully saturated rings. The lowest BCUT2D eigenvalue weighted by atomic mass is 9.98. The number of carbonyl (C=O) groups is 1. The molecular weight excluding hydrogens is 436 g/mol. The minimum Gasteiger partial charge on any atom is -0.373 e. The van der Waals surface area contributed by atoms with Gasteiger partial charge in [-0.25, -0.2) is 15.0 Å². The molecule has 4 aromatic rings. The fourth-order valence-electron chi connectivity index (χ4n) is 3.90. The van der Waals surface area contributed by atoms with Gasteiger partial charge in [-0.05, 0) is 31.2 Å². The van der Waals surface area contributed by atoms with Gasteiger partial charge in [0.25, 0.3) is 5.91 Å². The Morgan fingerprint density at radius 2 is 1.88 bits per heavy atom. The van der Waals surface area contributed by atoms with E-state index in [0.29, 0.717) is 35.3 Å². The van der Waals surface area contributed by atoms with Crippen LogP contribution >= 0.6 is 0 Å². The number of likely N-dealkylation sites (tertiary alicyclic amines) is 1. The number of aliphatic hydroxyl groups is 1. The summed E-state index contributed by atoms with van der Waals surface area (Å²) < 4.78 is 7.09. The third kappa shape index (κ3) is 3.90. The Labute approximate surface area is 195 Å². The highest BCUT2D eigenvalue weighted by atomic mass is 16.5. The third-order valence-electron chi connectivity index (χ3n) is 5.88. The molecule has 11 nitrogen and oxygen atoms in total. The van der Waals surface area contributed by atoms with E-state index in [1.165, 1.54) is 4.90 Å². The topological polar surface area (TPSA) is 135 Å². The summed E-state index contributed by atoms with van der Waals surface area (Å²) in [5, 5.41) is 22.5. The number of carbonyl (C=O) groups excluding carboxylic acids is 1. The molecular formula is C23H24N8O3. The van der Waals surface area contributed by atoms with Crippen molar-refractivity contribution in [3.05, 3.63) is 60.2 Å². The molecule has 1 amide bonds. The molecule has 5 rings (SSSR count). The van der Waals surface area contributed by atoms with Gasteiger partial charge in [-0.3, -0.25) is 9.48 Å². The van der Waals surface area contributed by atoms with Gasteiger partial charge in [0.05, 0.1) is 28.8 Å². The first kappa shape index (κ1) is 21.7. The SMILES string of the molecule is CC(Nc1nccc(-c2cccc(-c3cc([C@]4(O)CCN(C)C4=O)on3)n2)n1)c1ccn(C)n1. The predicted molar refractivity (Wildman–Crippen MR) is 122 cm³/mol. The molecule has 0 bridgehead atoms. The number of hydrogen-bond acceptors (Lipinski definition) is 9. The zero-order valence-corrected chi connectivity index (χ0v) is 19.0. The van der Waals surface area contributed by atoms with Gasteiger partial charge >= 0.3 is 0 Å². The zero-order chi connectivity index (χ0) is 23.9. The van der Waals surface area contributed by atoms with Gasteiger partial charge in [0.1, 0.15) is 5.69 Å². The Hall–Kier alpha value is -4.12. The molecule has 5 heterocycles. The number of amides is 1. The summed E-state index contributed by atoms with van der Waals surface area (Å²) in [5.74, 6) is 0.164. The zero-order valence-electron chi connectivity index (χ0n) is 19.0. The average Bonchev–Trinajstić information content (AvgIpc) is 3.57. The normalized spacial score (nSPS) is 18.9. The second-order valence-electron chi connectivity index (χ2n) is 8.37. The Kier molecular flexibility index (Phi) is 5.33. The number of rotatable bonds is 6. The average molecular weight is 460 g/mol. The van der Waals surface area contributed by atoms with Crippen molar-refractivity contribution in [3.8, 4) is 22.8 Å². The van der Waals surface area contributed by atoms with Gasteiger partial charge in [0, 0.05) is 45.5 Å². The minimum absolute atomic E-state index is 0.0764. The molecule has 174 valence electrons. The summed E-state index contributed by atoms with van der Waals surface area (Å²) in [6.07, 6.45) is 3.79. The smallest absolute Gasteiger partial charge is 0.262 e. The van der Waals surface area contributed by atoms with Gasteiger partial charge in [0.15, 0.2) is 5.76 Å². The maximum Gasteiger partial charge on any atom is 0.262 e. The first-order valence-electron chi connectivity index (χ1n) is 10.9. The molecule has 1 saturated heterocycles. The van der Waals surface area contributed by atoms with E-state index in [2.05, 4.69) is 30.5 Å². The molecule has 1 aliphatic rings. The van der Waals surface area contributed by atoms with E-state index < -0.39 is 11.5 Å². The van der Waals surface area contributed by atoms with Crippen LogP contribution in [0, 0.1) is 0 Å². The second-order valence-corrected chi connectivity index (χ2v) is 8.37. The monoisotopic (exact) mass is 460 g/mol. The maximum absolute atomic E-state index is 12.4. The highest BCUT2D eigenvalue weighted by Crippen LogP contribution is 2.34. The van der Waals surface area contributed by atoms with Crippen molar-refractivity contribution < 1.29 is 14.4 Å². The van der Waals surface area contributed by atoms with E-state index >= 15 is 0 Å². The van der Waals surface area contributed by atoms with Crippen LogP contribution in [0.15, 0.2) is 53.3 Å². The third-order valence-corrected chi connectivity index (χ3v) is 5.88. The summed E-state index contributed by atoms with van der Waals surface area (Å²) in [4.78, 5) is 27.4. The molecule has 0 spiro atoms. The van der Waals surface area contributed by atoms with Crippen molar-refractivity contribution in [2.45, 2.75) is 25.0 Å². The summed E-state index contributed by atoms with van der Waals surface area (Å²) in [6.45, 7) is 2.43. The molecule has 2 N–H and O–H groups in total. The van der Waals surface area contributed by atoms with Crippen LogP contribution in [0.1, 0.15) is 30.8 Å². The Bertz CT molecular complexity index is 1350. The van der Waals surface area contributed by atoms with Crippen LogP contribution in [0.4, 0.5) is 5.95 Å². The molecule has 4 aromatic heterocycles. The summed E-state index contributed by atoms with van der Waals surface area (Å²) >= 11 is 0. The second kappa shape index (κ2) is 8.34. The number of aromatic nitrogens is 6. The number of nitrogens with zero attached hydrogens (tertiary/aromatic N) is 7. The fraction of sp³-hybridized carbons (Fsp3) is 0.304. The number of aryl methyl sites for hydroxylation is 1.